The van der Waals surface area contributed by atoms with Gasteiger partial charge in [-0.3, -0.25) is 9.59 Å². The maximum absolute atomic E-state index is 12.2. The van der Waals surface area contributed by atoms with Crippen molar-refractivity contribution >= 4 is 44.2 Å². The number of benzene rings is 2. The van der Waals surface area contributed by atoms with E-state index in [4.69, 9.17) is 0 Å². The van der Waals surface area contributed by atoms with Crippen molar-refractivity contribution in [2.45, 2.75) is 20.3 Å². The van der Waals surface area contributed by atoms with Gasteiger partial charge in [-0.25, -0.2) is 4.98 Å². The number of carbonyl (C=O) groups is 2. The summed E-state index contributed by atoms with van der Waals surface area (Å²) in [7, 11) is 0. The first-order chi connectivity index (χ1) is 11.5. The van der Waals surface area contributed by atoms with Crippen LogP contribution in [0.2, 0.25) is 0 Å². The molecule has 0 fully saturated rings. The number of nitrogens with one attached hydrogen (secondary N) is 2. The van der Waals surface area contributed by atoms with E-state index < -0.39 is 0 Å². The van der Waals surface area contributed by atoms with Crippen molar-refractivity contribution in [3.63, 3.8) is 0 Å². The molecule has 3 aromatic rings. The number of thiazole rings is 1. The van der Waals surface area contributed by atoms with Crippen LogP contribution in [0.3, 0.4) is 0 Å². The molecule has 0 aliphatic carbocycles. The van der Waals surface area contributed by atoms with Gasteiger partial charge in [0.15, 0.2) is 5.13 Å². The lowest BCUT2D eigenvalue weighted by Crippen LogP contribution is -2.14. The van der Waals surface area contributed by atoms with Gasteiger partial charge in [0.2, 0.25) is 11.8 Å². The second kappa shape index (κ2) is 6.80. The molecule has 122 valence electrons. The Hall–Kier alpha value is -2.73. The van der Waals surface area contributed by atoms with Crippen LogP contribution in [-0.2, 0) is 16.0 Å². The zero-order chi connectivity index (χ0) is 17.1. The molecule has 1 heterocycles. The zero-order valence-electron chi connectivity index (χ0n) is 13.4. The van der Waals surface area contributed by atoms with Gasteiger partial charge in [0, 0.05) is 12.6 Å². The van der Waals surface area contributed by atoms with Crippen LogP contribution in [0.4, 0.5) is 10.8 Å². The summed E-state index contributed by atoms with van der Waals surface area (Å²) in [4.78, 5) is 27.7. The summed E-state index contributed by atoms with van der Waals surface area (Å²) >= 11 is 1.47. The van der Waals surface area contributed by atoms with Crippen LogP contribution < -0.4 is 10.6 Å². The largest absolute Gasteiger partial charge is 0.326 e. The maximum Gasteiger partial charge on any atom is 0.230 e. The maximum atomic E-state index is 12.2. The SMILES string of the molecule is CC(=O)Nc1ccc(CC(=O)Nc2nc3c(C)cccc3s2)cc1. The molecule has 0 saturated heterocycles. The van der Waals surface area contributed by atoms with Gasteiger partial charge in [-0.05, 0) is 36.2 Å². The second-order valence-electron chi connectivity index (χ2n) is 5.54. The number of aromatic nitrogens is 1. The standard InChI is InChI=1S/C18H17N3O2S/c1-11-4-3-5-15-17(11)21-18(24-15)20-16(23)10-13-6-8-14(9-7-13)19-12(2)22/h3-9H,10H2,1-2H3,(H,19,22)(H,20,21,23). The molecule has 2 N–H and O–H groups in total. The molecule has 0 aliphatic rings. The molecule has 2 amide bonds. The van der Waals surface area contributed by atoms with Crippen LogP contribution in [0, 0.1) is 6.92 Å². The van der Waals surface area contributed by atoms with Crippen molar-refractivity contribution in [1.82, 2.24) is 4.98 Å². The van der Waals surface area contributed by atoms with E-state index in [-0.39, 0.29) is 18.2 Å². The third kappa shape index (κ3) is 3.78. The van der Waals surface area contributed by atoms with E-state index in [1.165, 1.54) is 18.3 Å². The lowest BCUT2D eigenvalue weighted by Gasteiger charge is -2.04. The Balaban J connectivity index is 1.66. The number of nitrogens with zero attached hydrogens (tertiary/aromatic N) is 1. The molecule has 0 aliphatic heterocycles. The van der Waals surface area contributed by atoms with Crippen LogP contribution >= 0.6 is 11.3 Å². The predicted molar refractivity (Wildman–Crippen MR) is 97.4 cm³/mol. The summed E-state index contributed by atoms with van der Waals surface area (Å²) in [5, 5.41) is 6.16. The summed E-state index contributed by atoms with van der Waals surface area (Å²) in [6.45, 7) is 3.46. The highest BCUT2D eigenvalue weighted by Gasteiger charge is 2.10. The van der Waals surface area contributed by atoms with E-state index in [1.807, 2.05) is 37.3 Å². The molecule has 0 atom stereocenters. The molecular formula is C18H17N3O2S. The predicted octanol–water partition coefficient (Wildman–Crippen LogP) is 3.74. The topological polar surface area (TPSA) is 71.1 Å². The highest BCUT2D eigenvalue weighted by Crippen LogP contribution is 2.27. The third-order valence-electron chi connectivity index (χ3n) is 3.51. The van der Waals surface area contributed by atoms with Crippen molar-refractivity contribution in [3.8, 4) is 0 Å². The van der Waals surface area contributed by atoms with Gasteiger partial charge >= 0.3 is 0 Å². The number of amides is 2. The molecule has 0 bridgehead atoms. The number of hydrogen-bond acceptors (Lipinski definition) is 4. The number of rotatable bonds is 4. The number of hydrogen-bond donors (Lipinski definition) is 2. The van der Waals surface area contributed by atoms with E-state index >= 15 is 0 Å². The molecule has 1 aromatic heterocycles. The van der Waals surface area contributed by atoms with Crippen molar-refractivity contribution in [3.05, 3.63) is 53.6 Å². The lowest BCUT2D eigenvalue weighted by molar-refractivity contribution is -0.116. The molecular weight excluding hydrogens is 322 g/mol. The van der Waals surface area contributed by atoms with Crippen molar-refractivity contribution < 1.29 is 9.59 Å². The summed E-state index contributed by atoms with van der Waals surface area (Å²) in [6.07, 6.45) is 0.259. The Morgan fingerprint density at radius 3 is 2.50 bits per heavy atom. The number of aryl methyl sites for hydroxylation is 1. The van der Waals surface area contributed by atoms with Crippen LogP contribution in [0.15, 0.2) is 42.5 Å². The fourth-order valence-electron chi connectivity index (χ4n) is 2.40. The normalized spacial score (nSPS) is 10.6. The minimum atomic E-state index is -0.119. The van der Waals surface area contributed by atoms with Crippen molar-refractivity contribution in [2.24, 2.45) is 0 Å². The monoisotopic (exact) mass is 339 g/mol. The number of carbonyl (C=O) groups excluding carboxylic acids is 2. The van der Waals surface area contributed by atoms with E-state index in [9.17, 15) is 9.59 Å². The molecule has 0 saturated carbocycles. The molecule has 2 aromatic carbocycles. The average Bonchev–Trinajstić information content (AvgIpc) is 2.92. The Bertz CT molecular complexity index is 900. The molecule has 24 heavy (non-hydrogen) atoms. The summed E-state index contributed by atoms with van der Waals surface area (Å²) in [5.74, 6) is -0.231. The summed E-state index contributed by atoms with van der Waals surface area (Å²) < 4.78 is 1.06. The van der Waals surface area contributed by atoms with E-state index in [2.05, 4.69) is 15.6 Å². The highest BCUT2D eigenvalue weighted by atomic mass is 32.1. The Morgan fingerprint density at radius 1 is 1.08 bits per heavy atom. The quantitative estimate of drug-likeness (QED) is 0.760. The number of para-hydroxylation sites is 1. The summed E-state index contributed by atoms with van der Waals surface area (Å²) in [6, 6.07) is 13.2. The molecule has 5 nitrogen and oxygen atoms in total. The van der Waals surface area contributed by atoms with Crippen LogP contribution in [-0.4, -0.2) is 16.8 Å². The second-order valence-corrected chi connectivity index (χ2v) is 6.57. The van der Waals surface area contributed by atoms with Gasteiger partial charge in [-0.15, -0.1) is 0 Å². The van der Waals surface area contributed by atoms with Gasteiger partial charge < -0.3 is 10.6 Å². The van der Waals surface area contributed by atoms with Crippen molar-refractivity contribution in [2.75, 3.05) is 10.6 Å². The molecule has 0 unspecified atom stereocenters. The molecule has 3 rings (SSSR count). The number of anilines is 2. The lowest BCUT2D eigenvalue weighted by atomic mass is 10.1. The Labute approximate surface area is 143 Å². The first-order valence-electron chi connectivity index (χ1n) is 7.54. The molecule has 0 radical (unpaired) electrons. The first-order valence-corrected chi connectivity index (χ1v) is 8.35. The minimum Gasteiger partial charge on any atom is -0.326 e. The van der Waals surface area contributed by atoms with Gasteiger partial charge in [-0.2, -0.15) is 0 Å². The van der Waals surface area contributed by atoms with Gasteiger partial charge in [0.25, 0.3) is 0 Å². The van der Waals surface area contributed by atoms with Crippen molar-refractivity contribution in [1.29, 1.82) is 0 Å². The average molecular weight is 339 g/mol. The third-order valence-corrected chi connectivity index (χ3v) is 4.44. The van der Waals surface area contributed by atoms with Gasteiger partial charge in [-0.1, -0.05) is 35.6 Å². The van der Waals surface area contributed by atoms with Crippen LogP contribution in [0.5, 0.6) is 0 Å². The molecule has 6 heteroatoms. The number of fused-ring (bicyclic) bond motifs is 1. The first kappa shape index (κ1) is 16.1. The fraction of sp³-hybridized carbons (Fsp3) is 0.167. The van der Waals surface area contributed by atoms with E-state index in [0.717, 1.165) is 21.3 Å². The fourth-order valence-corrected chi connectivity index (χ4v) is 3.36. The minimum absolute atomic E-state index is 0.112. The summed E-state index contributed by atoms with van der Waals surface area (Å²) in [5.41, 5.74) is 3.61. The zero-order valence-corrected chi connectivity index (χ0v) is 14.2. The molecule has 0 spiro atoms. The highest BCUT2D eigenvalue weighted by molar-refractivity contribution is 7.22. The van der Waals surface area contributed by atoms with E-state index in [0.29, 0.717) is 10.8 Å². The van der Waals surface area contributed by atoms with Gasteiger partial charge in [0.1, 0.15) is 0 Å². The Kier molecular flexibility index (Phi) is 4.57. The van der Waals surface area contributed by atoms with E-state index in [1.54, 1.807) is 12.1 Å². The van der Waals surface area contributed by atoms with Gasteiger partial charge in [0.05, 0.1) is 16.6 Å². The van der Waals surface area contributed by atoms with Crippen LogP contribution in [0.25, 0.3) is 10.2 Å². The smallest absolute Gasteiger partial charge is 0.230 e. The van der Waals surface area contributed by atoms with Crippen LogP contribution in [0.1, 0.15) is 18.1 Å². The Morgan fingerprint density at radius 2 is 1.83 bits per heavy atom.